The number of rotatable bonds is 3. The molecule has 4 heterocycles. The summed E-state index contributed by atoms with van der Waals surface area (Å²) >= 11 is 5.84. The lowest BCUT2D eigenvalue weighted by molar-refractivity contribution is -0.158. The van der Waals surface area contributed by atoms with E-state index in [0.29, 0.717) is 31.0 Å². The van der Waals surface area contributed by atoms with Crippen molar-refractivity contribution < 1.29 is 22.8 Å². The summed E-state index contributed by atoms with van der Waals surface area (Å²) in [6, 6.07) is -2.35. The molecular formula is C18H19ClF3N7O2. The number of fused-ring (bicyclic) bond motifs is 3. The first-order valence-corrected chi connectivity index (χ1v) is 9.90. The van der Waals surface area contributed by atoms with Gasteiger partial charge in [-0.3, -0.25) is 15.0 Å². The highest BCUT2D eigenvalue weighted by molar-refractivity contribution is 6.29. The zero-order valence-electron chi connectivity index (χ0n) is 16.3. The van der Waals surface area contributed by atoms with Gasteiger partial charge in [-0.25, -0.2) is 14.8 Å². The zero-order chi connectivity index (χ0) is 22.3. The van der Waals surface area contributed by atoms with Gasteiger partial charge in [-0.1, -0.05) is 17.7 Å². The first-order chi connectivity index (χ1) is 14.6. The Morgan fingerprint density at radius 1 is 1.35 bits per heavy atom. The van der Waals surface area contributed by atoms with Crippen LogP contribution in [0.25, 0.3) is 0 Å². The molecule has 1 unspecified atom stereocenters. The number of allylic oxidation sites excluding steroid dienone is 1. The predicted molar refractivity (Wildman–Crippen MR) is 105 cm³/mol. The van der Waals surface area contributed by atoms with Crippen molar-refractivity contribution in [1.29, 1.82) is 0 Å². The standard InChI is InChI=1S/C18H19ClF3N7O2/c1-9(18(20,21)22)25-16(30)11-2-3-12-15(26-11)29(10-4-5-28(12)7-10)17(31)27-14-6-13(19)23-8-24-14/h2-3,6,8-11,26H,4-5,7H2,1H3,(H,25,30)(H,23,24,27,31)/t9-,10+,11?/m1/s1. The molecule has 31 heavy (non-hydrogen) atoms. The van der Waals surface area contributed by atoms with Crippen LogP contribution in [0.15, 0.2) is 36.1 Å². The van der Waals surface area contributed by atoms with Crippen molar-refractivity contribution in [2.75, 3.05) is 18.4 Å². The summed E-state index contributed by atoms with van der Waals surface area (Å²) in [5.74, 6) is -0.288. The maximum Gasteiger partial charge on any atom is 0.408 e. The first kappa shape index (κ1) is 21.2. The number of alkyl halides is 3. The van der Waals surface area contributed by atoms with Gasteiger partial charge in [-0.05, 0) is 19.4 Å². The second kappa shape index (κ2) is 7.91. The molecule has 3 N–H and O–H groups in total. The third-order valence-corrected chi connectivity index (χ3v) is 5.52. The third kappa shape index (κ3) is 4.24. The summed E-state index contributed by atoms with van der Waals surface area (Å²) in [7, 11) is 0. The van der Waals surface area contributed by atoms with E-state index < -0.39 is 30.2 Å². The molecule has 3 aliphatic heterocycles. The zero-order valence-corrected chi connectivity index (χ0v) is 17.0. The molecule has 0 aliphatic carbocycles. The highest BCUT2D eigenvalue weighted by atomic mass is 35.5. The summed E-state index contributed by atoms with van der Waals surface area (Å²) < 4.78 is 38.4. The van der Waals surface area contributed by atoms with Crippen LogP contribution in [0.2, 0.25) is 5.15 Å². The van der Waals surface area contributed by atoms with Gasteiger partial charge >= 0.3 is 12.2 Å². The fourth-order valence-electron chi connectivity index (χ4n) is 3.71. The molecular weight excluding hydrogens is 439 g/mol. The van der Waals surface area contributed by atoms with E-state index in [4.69, 9.17) is 11.6 Å². The van der Waals surface area contributed by atoms with Crippen LogP contribution in [0.4, 0.5) is 23.8 Å². The molecule has 3 amide bonds. The lowest BCUT2D eigenvalue weighted by atomic mass is 10.1. The molecule has 0 radical (unpaired) electrons. The van der Waals surface area contributed by atoms with Crippen LogP contribution in [0.1, 0.15) is 13.3 Å². The summed E-state index contributed by atoms with van der Waals surface area (Å²) in [6.07, 6.45) is 0.481. The second-order valence-electron chi connectivity index (χ2n) is 7.40. The Kier molecular flexibility index (Phi) is 5.42. The number of anilines is 1. The van der Waals surface area contributed by atoms with Gasteiger partial charge in [0.1, 0.15) is 35.2 Å². The number of urea groups is 1. The smallest absolute Gasteiger partial charge is 0.366 e. The summed E-state index contributed by atoms with van der Waals surface area (Å²) in [4.78, 5) is 36.7. The van der Waals surface area contributed by atoms with Crippen LogP contribution in [-0.4, -0.2) is 69.1 Å². The lowest BCUT2D eigenvalue weighted by Crippen LogP contribution is -2.57. The fraction of sp³-hybridized carbons (Fsp3) is 0.444. The number of hydrogen-bond donors (Lipinski definition) is 3. The van der Waals surface area contributed by atoms with Crippen molar-refractivity contribution >= 4 is 29.4 Å². The number of amides is 3. The number of nitrogens with one attached hydrogen (secondary N) is 3. The average Bonchev–Trinajstić information content (AvgIpc) is 3.11. The SMILES string of the molecule is C[C@@H](NC(=O)C1C=CC2=C(N1)N(C(=O)Nc1cc(Cl)ncn1)[C@H]1CCN2C1)C(F)(F)F. The number of carbonyl (C=O) groups excluding carboxylic acids is 2. The molecule has 0 aromatic carbocycles. The molecule has 1 aromatic rings. The predicted octanol–water partition coefficient (Wildman–Crippen LogP) is 1.82. The summed E-state index contributed by atoms with van der Waals surface area (Å²) in [6.45, 7) is 2.18. The largest absolute Gasteiger partial charge is 0.408 e. The molecule has 0 saturated carbocycles. The van der Waals surface area contributed by atoms with Crippen LogP contribution in [-0.2, 0) is 4.79 Å². The minimum absolute atomic E-state index is 0.158. The topological polar surface area (TPSA) is 102 Å². The molecule has 1 saturated heterocycles. The van der Waals surface area contributed by atoms with Gasteiger partial charge in [0.15, 0.2) is 0 Å². The first-order valence-electron chi connectivity index (χ1n) is 9.52. The average molecular weight is 458 g/mol. The number of hydrogen-bond acceptors (Lipinski definition) is 6. The minimum Gasteiger partial charge on any atom is -0.366 e. The quantitative estimate of drug-likeness (QED) is 0.598. The highest BCUT2D eigenvalue weighted by Crippen LogP contribution is 2.33. The van der Waals surface area contributed by atoms with Crippen LogP contribution < -0.4 is 16.0 Å². The number of nitrogens with zero attached hydrogens (tertiary/aromatic N) is 4. The minimum atomic E-state index is -4.56. The molecule has 1 aromatic heterocycles. The Morgan fingerprint density at radius 3 is 2.84 bits per heavy atom. The van der Waals surface area contributed by atoms with Crippen LogP contribution in [0, 0.1) is 0 Å². The molecule has 3 aliphatic rings. The fourth-order valence-corrected chi connectivity index (χ4v) is 3.86. The molecule has 4 rings (SSSR count). The number of aromatic nitrogens is 2. The van der Waals surface area contributed by atoms with Crippen LogP contribution >= 0.6 is 11.6 Å². The van der Waals surface area contributed by atoms with Crippen molar-refractivity contribution in [2.45, 2.75) is 37.6 Å². The van der Waals surface area contributed by atoms with Gasteiger partial charge in [-0.2, -0.15) is 13.2 Å². The van der Waals surface area contributed by atoms with Crippen molar-refractivity contribution in [3.05, 3.63) is 41.2 Å². The maximum absolute atomic E-state index is 13.1. The number of carbonyl (C=O) groups is 2. The Balaban J connectivity index is 1.54. The van der Waals surface area contributed by atoms with Gasteiger partial charge in [0.05, 0.1) is 11.7 Å². The lowest BCUT2D eigenvalue weighted by Gasteiger charge is -2.41. The normalized spacial score (nSPS) is 23.3. The van der Waals surface area contributed by atoms with E-state index in [2.05, 4.69) is 25.5 Å². The van der Waals surface area contributed by atoms with Crippen molar-refractivity contribution in [3.63, 3.8) is 0 Å². The van der Waals surface area contributed by atoms with Gasteiger partial charge in [0.2, 0.25) is 5.91 Å². The van der Waals surface area contributed by atoms with E-state index in [1.165, 1.54) is 23.4 Å². The molecule has 9 nitrogen and oxygen atoms in total. The summed E-state index contributed by atoms with van der Waals surface area (Å²) in [5.41, 5.74) is 0.692. The monoisotopic (exact) mass is 457 g/mol. The molecule has 0 spiro atoms. The van der Waals surface area contributed by atoms with E-state index in [1.54, 1.807) is 6.08 Å². The van der Waals surface area contributed by atoms with Gasteiger partial charge in [-0.15, -0.1) is 0 Å². The van der Waals surface area contributed by atoms with Gasteiger partial charge < -0.3 is 15.5 Å². The molecule has 1 fully saturated rings. The van der Waals surface area contributed by atoms with E-state index in [0.717, 1.165) is 6.92 Å². The molecule has 3 atom stereocenters. The van der Waals surface area contributed by atoms with Crippen molar-refractivity contribution in [1.82, 2.24) is 30.4 Å². The Hall–Kier alpha value is -3.02. The van der Waals surface area contributed by atoms with E-state index >= 15 is 0 Å². The number of dihydropyridines is 1. The van der Waals surface area contributed by atoms with E-state index in [-0.39, 0.29) is 17.0 Å². The van der Waals surface area contributed by atoms with Crippen molar-refractivity contribution in [2.24, 2.45) is 0 Å². The second-order valence-corrected chi connectivity index (χ2v) is 7.79. The molecule has 2 bridgehead atoms. The Labute approximate surface area is 180 Å². The van der Waals surface area contributed by atoms with Gasteiger partial charge in [0, 0.05) is 19.2 Å². The van der Waals surface area contributed by atoms with E-state index in [9.17, 15) is 22.8 Å². The Morgan fingerprint density at radius 2 is 2.13 bits per heavy atom. The summed E-state index contributed by atoms with van der Waals surface area (Å²) in [5, 5.41) is 7.68. The van der Waals surface area contributed by atoms with Crippen LogP contribution in [0.3, 0.4) is 0 Å². The molecule has 13 heteroatoms. The highest BCUT2D eigenvalue weighted by Gasteiger charge is 2.43. The van der Waals surface area contributed by atoms with Crippen molar-refractivity contribution in [3.8, 4) is 0 Å². The van der Waals surface area contributed by atoms with Gasteiger partial charge in [0.25, 0.3) is 0 Å². The third-order valence-electron chi connectivity index (χ3n) is 5.31. The van der Waals surface area contributed by atoms with Crippen LogP contribution in [0.5, 0.6) is 0 Å². The Bertz CT molecular complexity index is 968. The van der Waals surface area contributed by atoms with E-state index in [1.807, 2.05) is 5.32 Å². The number of halogens is 4. The maximum atomic E-state index is 13.1. The molecule has 166 valence electrons.